The summed E-state index contributed by atoms with van der Waals surface area (Å²) in [6.45, 7) is 10.5. The van der Waals surface area contributed by atoms with Gasteiger partial charge in [0.05, 0.1) is 6.61 Å². The van der Waals surface area contributed by atoms with E-state index in [9.17, 15) is 14.4 Å². The number of hydrogen-bond acceptors (Lipinski definition) is 6. The van der Waals surface area contributed by atoms with Crippen molar-refractivity contribution in [3.8, 4) is 11.5 Å². The minimum absolute atomic E-state index is 0.276. The lowest BCUT2D eigenvalue weighted by Gasteiger charge is -2.05. The van der Waals surface area contributed by atoms with Crippen LogP contribution in [0.25, 0.3) is 6.08 Å². The third-order valence-corrected chi connectivity index (χ3v) is 3.97. The molecule has 0 aliphatic heterocycles. The zero-order chi connectivity index (χ0) is 22.8. The predicted molar refractivity (Wildman–Crippen MR) is 117 cm³/mol. The summed E-state index contributed by atoms with van der Waals surface area (Å²) in [4.78, 5) is 34.8. The number of carbonyl (C=O) groups is 3. The fourth-order valence-corrected chi connectivity index (χ4v) is 2.26. The summed E-state index contributed by atoms with van der Waals surface area (Å²) < 4.78 is 15.4. The Morgan fingerprint density at radius 2 is 1.35 bits per heavy atom. The lowest BCUT2D eigenvalue weighted by molar-refractivity contribution is -0.138. The average Bonchev–Trinajstić information content (AvgIpc) is 2.74. The van der Waals surface area contributed by atoms with Crippen LogP contribution in [0, 0.1) is 0 Å². The molecule has 0 unspecified atom stereocenters. The predicted octanol–water partition coefficient (Wildman–Crippen LogP) is 4.45. The molecule has 0 radical (unpaired) electrons. The van der Waals surface area contributed by atoms with Gasteiger partial charge in [0.2, 0.25) is 0 Å². The van der Waals surface area contributed by atoms with Gasteiger partial charge >= 0.3 is 17.9 Å². The van der Waals surface area contributed by atoms with E-state index in [1.807, 2.05) is 24.3 Å². The fraction of sp³-hybridized carbons (Fsp3) is 0.160. The van der Waals surface area contributed by atoms with Crippen molar-refractivity contribution in [1.82, 2.24) is 0 Å². The molecule has 0 aromatic heterocycles. The van der Waals surface area contributed by atoms with Crippen LogP contribution < -0.4 is 9.47 Å². The van der Waals surface area contributed by atoms with Gasteiger partial charge in [-0.1, -0.05) is 37.4 Å². The summed E-state index contributed by atoms with van der Waals surface area (Å²) in [5.41, 5.74) is 2.48. The maximum atomic E-state index is 12.0. The van der Waals surface area contributed by atoms with Gasteiger partial charge in [0.1, 0.15) is 11.5 Å². The molecule has 0 amide bonds. The molecule has 160 valence electrons. The zero-order valence-electron chi connectivity index (χ0n) is 17.6. The summed E-state index contributed by atoms with van der Waals surface area (Å²) in [5.74, 6) is -0.808. The van der Waals surface area contributed by atoms with Crippen LogP contribution >= 0.6 is 0 Å². The number of ether oxygens (including phenoxy) is 3. The standard InChI is InChI=1S/C25H24O6/c1-17(2)24(27)29-16-15-20-7-5-19(6-8-20)9-14-23(26)30-21-10-12-22(13-11-21)31-25(28)18(3)4/h5-14H,1,3,15-16H2,2,4H3/b14-9+. The highest BCUT2D eigenvalue weighted by Crippen LogP contribution is 2.19. The Kier molecular flexibility index (Phi) is 8.52. The van der Waals surface area contributed by atoms with E-state index in [0.29, 0.717) is 29.1 Å². The van der Waals surface area contributed by atoms with Crippen LogP contribution in [0.2, 0.25) is 0 Å². The molecule has 6 nitrogen and oxygen atoms in total. The van der Waals surface area contributed by atoms with E-state index in [1.165, 1.54) is 30.3 Å². The Morgan fingerprint density at radius 1 is 0.806 bits per heavy atom. The quantitative estimate of drug-likeness (QED) is 0.339. The molecule has 2 aromatic rings. The van der Waals surface area contributed by atoms with Crippen LogP contribution in [0.3, 0.4) is 0 Å². The van der Waals surface area contributed by atoms with Crippen LogP contribution in [0.1, 0.15) is 25.0 Å². The highest BCUT2D eigenvalue weighted by Gasteiger charge is 2.07. The Hall–Kier alpha value is -3.93. The maximum absolute atomic E-state index is 12.0. The second-order valence-corrected chi connectivity index (χ2v) is 6.80. The van der Waals surface area contributed by atoms with Crippen molar-refractivity contribution >= 4 is 24.0 Å². The Bertz CT molecular complexity index is 997. The van der Waals surface area contributed by atoms with Gasteiger partial charge in [-0.2, -0.15) is 0 Å². The molecule has 0 saturated carbocycles. The van der Waals surface area contributed by atoms with Crippen molar-refractivity contribution in [2.75, 3.05) is 6.61 Å². The molecule has 2 aromatic carbocycles. The second-order valence-electron chi connectivity index (χ2n) is 6.80. The zero-order valence-corrected chi connectivity index (χ0v) is 17.6. The van der Waals surface area contributed by atoms with Gasteiger partial charge in [-0.25, -0.2) is 14.4 Å². The van der Waals surface area contributed by atoms with Crippen LogP contribution in [-0.2, 0) is 25.5 Å². The SMILES string of the molecule is C=C(C)C(=O)OCCc1ccc(/C=C/C(=O)Oc2ccc(OC(=O)C(=C)C)cc2)cc1. The van der Waals surface area contributed by atoms with E-state index < -0.39 is 17.9 Å². The Labute approximate surface area is 181 Å². The molecular formula is C25H24O6. The molecule has 0 aliphatic carbocycles. The normalized spacial score (nSPS) is 10.4. The lowest BCUT2D eigenvalue weighted by atomic mass is 10.1. The highest BCUT2D eigenvalue weighted by molar-refractivity contribution is 5.89. The van der Waals surface area contributed by atoms with Gasteiger partial charge in [-0.05, 0) is 55.3 Å². The molecule has 0 atom stereocenters. The van der Waals surface area contributed by atoms with Crippen LogP contribution in [0.4, 0.5) is 0 Å². The molecule has 6 heteroatoms. The molecule has 2 rings (SSSR count). The minimum Gasteiger partial charge on any atom is -0.462 e. The molecule has 0 saturated heterocycles. The Morgan fingerprint density at radius 3 is 1.90 bits per heavy atom. The van der Waals surface area contributed by atoms with Gasteiger partial charge in [0.15, 0.2) is 0 Å². The average molecular weight is 420 g/mol. The molecule has 0 fully saturated rings. The number of rotatable bonds is 9. The molecule has 0 aliphatic rings. The van der Waals surface area contributed by atoms with E-state index >= 15 is 0 Å². The summed E-state index contributed by atoms with van der Waals surface area (Å²) in [5, 5.41) is 0. The first-order valence-corrected chi connectivity index (χ1v) is 9.54. The molecular weight excluding hydrogens is 396 g/mol. The van der Waals surface area contributed by atoms with E-state index in [0.717, 1.165) is 11.1 Å². The number of benzene rings is 2. The van der Waals surface area contributed by atoms with Crippen molar-refractivity contribution in [2.45, 2.75) is 20.3 Å². The van der Waals surface area contributed by atoms with Crippen molar-refractivity contribution in [3.05, 3.63) is 90.0 Å². The fourth-order valence-electron chi connectivity index (χ4n) is 2.26. The first kappa shape index (κ1) is 23.3. The van der Waals surface area contributed by atoms with Gasteiger partial charge in [-0.3, -0.25) is 0 Å². The Balaban J connectivity index is 1.83. The van der Waals surface area contributed by atoms with E-state index in [2.05, 4.69) is 13.2 Å². The maximum Gasteiger partial charge on any atom is 0.338 e. The molecule has 0 bridgehead atoms. The van der Waals surface area contributed by atoms with Gasteiger partial charge in [-0.15, -0.1) is 0 Å². The van der Waals surface area contributed by atoms with Crippen molar-refractivity contribution < 1.29 is 28.6 Å². The minimum atomic E-state index is -0.539. The summed E-state index contributed by atoms with van der Waals surface area (Å²) in [6, 6.07) is 13.6. The van der Waals surface area contributed by atoms with E-state index in [-0.39, 0.29) is 6.61 Å². The number of carbonyl (C=O) groups excluding carboxylic acids is 3. The van der Waals surface area contributed by atoms with Crippen LogP contribution in [-0.4, -0.2) is 24.5 Å². The summed E-state index contributed by atoms with van der Waals surface area (Å²) >= 11 is 0. The second kappa shape index (κ2) is 11.3. The topological polar surface area (TPSA) is 78.9 Å². The van der Waals surface area contributed by atoms with Crippen molar-refractivity contribution in [3.63, 3.8) is 0 Å². The van der Waals surface area contributed by atoms with Crippen molar-refractivity contribution in [1.29, 1.82) is 0 Å². The third-order valence-electron chi connectivity index (χ3n) is 3.97. The summed E-state index contributed by atoms with van der Waals surface area (Å²) in [6.07, 6.45) is 3.54. The first-order chi connectivity index (χ1) is 14.7. The highest BCUT2D eigenvalue weighted by atomic mass is 16.5. The molecule has 0 N–H and O–H groups in total. The first-order valence-electron chi connectivity index (χ1n) is 9.54. The molecule has 0 spiro atoms. The summed E-state index contributed by atoms with van der Waals surface area (Å²) in [7, 11) is 0. The number of hydrogen-bond donors (Lipinski definition) is 0. The largest absolute Gasteiger partial charge is 0.462 e. The number of esters is 3. The van der Waals surface area contributed by atoms with Gasteiger partial charge < -0.3 is 14.2 Å². The van der Waals surface area contributed by atoms with E-state index in [1.54, 1.807) is 19.9 Å². The van der Waals surface area contributed by atoms with Crippen LogP contribution in [0.15, 0.2) is 78.9 Å². The third kappa shape index (κ3) is 8.14. The van der Waals surface area contributed by atoms with Gasteiger partial charge in [0.25, 0.3) is 0 Å². The molecule has 31 heavy (non-hydrogen) atoms. The molecule has 0 heterocycles. The van der Waals surface area contributed by atoms with Gasteiger partial charge in [0, 0.05) is 23.6 Å². The smallest absolute Gasteiger partial charge is 0.338 e. The lowest BCUT2D eigenvalue weighted by Crippen LogP contribution is -2.08. The van der Waals surface area contributed by atoms with E-state index in [4.69, 9.17) is 14.2 Å². The van der Waals surface area contributed by atoms with Crippen molar-refractivity contribution in [2.24, 2.45) is 0 Å². The monoisotopic (exact) mass is 420 g/mol. The van der Waals surface area contributed by atoms with Crippen LogP contribution in [0.5, 0.6) is 11.5 Å².